The van der Waals surface area contributed by atoms with E-state index < -0.39 is 5.41 Å². The highest BCUT2D eigenvalue weighted by atomic mass is 35.5. The molecule has 2 N–H and O–H groups in total. The van der Waals surface area contributed by atoms with Gasteiger partial charge in [-0.25, -0.2) is 4.79 Å². The molecule has 3 amide bonds. The smallest absolute Gasteiger partial charge is 0.321 e. The van der Waals surface area contributed by atoms with E-state index in [1.54, 1.807) is 24.1 Å². The molecule has 8 nitrogen and oxygen atoms in total. The van der Waals surface area contributed by atoms with Crippen molar-refractivity contribution >= 4 is 29.2 Å². The van der Waals surface area contributed by atoms with Gasteiger partial charge >= 0.3 is 6.03 Å². The summed E-state index contributed by atoms with van der Waals surface area (Å²) in [5, 5.41) is 6.21. The molecule has 33 heavy (non-hydrogen) atoms. The number of methoxy groups -OCH3 is 3. The molecule has 2 aromatic rings. The van der Waals surface area contributed by atoms with E-state index in [2.05, 4.69) is 10.6 Å². The second kappa shape index (κ2) is 10.7. The third-order valence-electron chi connectivity index (χ3n) is 5.83. The maximum absolute atomic E-state index is 13.0. The first-order chi connectivity index (χ1) is 15.8. The molecule has 1 fully saturated rings. The first-order valence-corrected chi connectivity index (χ1v) is 11.1. The van der Waals surface area contributed by atoms with Gasteiger partial charge < -0.3 is 29.7 Å². The zero-order chi connectivity index (χ0) is 24.0. The summed E-state index contributed by atoms with van der Waals surface area (Å²) in [5.74, 6) is 1.53. The Morgan fingerprint density at radius 3 is 2.55 bits per heavy atom. The van der Waals surface area contributed by atoms with Gasteiger partial charge in [-0.05, 0) is 43.5 Å². The summed E-state index contributed by atoms with van der Waals surface area (Å²) in [6.45, 7) is 3.13. The van der Waals surface area contributed by atoms with Crippen molar-refractivity contribution in [1.29, 1.82) is 0 Å². The monoisotopic (exact) mass is 475 g/mol. The maximum atomic E-state index is 13.0. The van der Waals surface area contributed by atoms with Crippen molar-refractivity contribution in [3.05, 3.63) is 47.0 Å². The summed E-state index contributed by atoms with van der Waals surface area (Å²) >= 11 is 6.21. The van der Waals surface area contributed by atoms with Crippen LogP contribution in [0.4, 0.5) is 10.5 Å². The number of ether oxygens (including phenoxy) is 3. The van der Waals surface area contributed by atoms with E-state index in [0.717, 1.165) is 17.7 Å². The Balaban J connectivity index is 1.65. The lowest BCUT2D eigenvalue weighted by Crippen LogP contribution is -2.52. The van der Waals surface area contributed by atoms with E-state index >= 15 is 0 Å². The van der Waals surface area contributed by atoms with Crippen molar-refractivity contribution < 1.29 is 23.8 Å². The molecule has 1 aliphatic rings. The van der Waals surface area contributed by atoms with Crippen molar-refractivity contribution in [3.63, 3.8) is 0 Å². The number of benzene rings is 2. The van der Waals surface area contributed by atoms with Gasteiger partial charge in [-0.1, -0.05) is 23.7 Å². The number of nitrogens with one attached hydrogen (secondary N) is 2. The Labute approximate surface area is 199 Å². The molecule has 0 saturated carbocycles. The molecule has 0 aromatic heterocycles. The first-order valence-electron chi connectivity index (χ1n) is 10.7. The SMILES string of the molecule is COc1cccc(CNC(=O)[C@@]2(C)CCCN(C(=O)Nc3cc(Cl)c(OC)cc3OC)C2)c1. The van der Waals surface area contributed by atoms with E-state index in [4.69, 9.17) is 25.8 Å². The van der Waals surface area contributed by atoms with Crippen molar-refractivity contribution in [3.8, 4) is 17.2 Å². The quantitative estimate of drug-likeness (QED) is 0.622. The largest absolute Gasteiger partial charge is 0.497 e. The van der Waals surface area contributed by atoms with E-state index in [-0.39, 0.29) is 11.9 Å². The van der Waals surface area contributed by atoms with Crippen molar-refractivity contribution in [1.82, 2.24) is 10.2 Å². The van der Waals surface area contributed by atoms with Crippen molar-refractivity contribution in [2.45, 2.75) is 26.3 Å². The molecule has 1 aliphatic heterocycles. The van der Waals surface area contributed by atoms with E-state index in [9.17, 15) is 9.59 Å². The zero-order valence-corrected chi connectivity index (χ0v) is 20.1. The Morgan fingerprint density at radius 1 is 1.09 bits per heavy atom. The number of piperidine rings is 1. The molecular formula is C24H30ClN3O5. The third kappa shape index (κ3) is 5.82. The number of anilines is 1. The van der Waals surface area contributed by atoms with Crippen LogP contribution in [0.2, 0.25) is 5.02 Å². The van der Waals surface area contributed by atoms with Crippen LogP contribution < -0.4 is 24.8 Å². The minimum Gasteiger partial charge on any atom is -0.497 e. The standard InChI is InChI=1S/C24H30ClN3O5/c1-24(22(29)26-14-16-7-5-8-17(11-16)31-2)9-6-10-28(15-24)23(30)27-19-12-18(25)20(32-3)13-21(19)33-4/h5,7-8,11-13H,6,9-10,14-15H2,1-4H3,(H,26,29)(H,27,30)/t24-/m0/s1. The number of nitrogens with zero attached hydrogens (tertiary/aromatic N) is 1. The van der Waals surface area contributed by atoms with Crippen LogP contribution in [0.25, 0.3) is 0 Å². The van der Waals surface area contributed by atoms with Gasteiger partial charge in [0.25, 0.3) is 0 Å². The van der Waals surface area contributed by atoms with Gasteiger partial charge in [0.1, 0.15) is 17.2 Å². The average molecular weight is 476 g/mol. The molecule has 0 spiro atoms. The fourth-order valence-corrected chi connectivity index (χ4v) is 4.17. The summed E-state index contributed by atoms with van der Waals surface area (Å²) in [6.07, 6.45) is 1.41. The van der Waals surface area contributed by atoms with Crippen LogP contribution in [0, 0.1) is 5.41 Å². The molecule has 3 rings (SSSR count). The third-order valence-corrected chi connectivity index (χ3v) is 6.13. The number of carbonyl (C=O) groups is 2. The molecule has 0 aliphatic carbocycles. The van der Waals surface area contributed by atoms with Gasteiger partial charge in [0.15, 0.2) is 0 Å². The number of carbonyl (C=O) groups excluding carboxylic acids is 2. The number of halogens is 1. The lowest BCUT2D eigenvalue weighted by Gasteiger charge is -2.39. The van der Waals surface area contributed by atoms with Crippen LogP contribution in [0.15, 0.2) is 36.4 Å². The normalized spacial score (nSPS) is 17.8. The van der Waals surface area contributed by atoms with Crippen LogP contribution in [0.3, 0.4) is 0 Å². The van der Waals surface area contributed by atoms with Crippen LogP contribution in [0.5, 0.6) is 17.2 Å². The summed E-state index contributed by atoms with van der Waals surface area (Å²) < 4.78 is 15.8. The summed E-state index contributed by atoms with van der Waals surface area (Å²) in [5.41, 5.74) is 0.680. The number of hydrogen-bond donors (Lipinski definition) is 2. The van der Waals surface area contributed by atoms with Crippen LogP contribution in [-0.4, -0.2) is 51.3 Å². The van der Waals surface area contributed by atoms with Crippen LogP contribution >= 0.6 is 11.6 Å². The summed E-state index contributed by atoms with van der Waals surface area (Å²) in [7, 11) is 4.62. The topological polar surface area (TPSA) is 89.1 Å². The molecule has 178 valence electrons. The molecule has 9 heteroatoms. The highest BCUT2D eigenvalue weighted by Crippen LogP contribution is 2.36. The van der Waals surface area contributed by atoms with Gasteiger partial charge in [0.2, 0.25) is 5.91 Å². The molecular weight excluding hydrogens is 446 g/mol. The van der Waals surface area contributed by atoms with Gasteiger partial charge in [0, 0.05) is 25.7 Å². The average Bonchev–Trinajstić information content (AvgIpc) is 2.82. The number of rotatable bonds is 7. The van der Waals surface area contributed by atoms with Gasteiger partial charge in [-0.3, -0.25) is 4.79 Å². The Hall–Kier alpha value is -3.13. The predicted molar refractivity (Wildman–Crippen MR) is 127 cm³/mol. The molecule has 1 saturated heterocycles. The van der Waals surface area contributed by atoms with E-state index in [1.165, 1.54) is 14.2 Å². The fourth-order valence-electron chi connectivity index (χ4n) is 3.93. The van der Waals surface area contributed by atoms with Crippen molar-refractivity contribution in [2.24, 2.45) is 5.41 Å². The maximum Gasteiger partial charge on any atom is 0.321 e. The summed E-state index contributed by atoms with van der Waals surface area (Å²) in [6, 6.07) is 10.4. The first kappa shape index (κ1) is 24.5. The molecule has 0 unspecified atom stereocenters. The van der Waals surface area contributed by atoms with Gasteiger partial charge in [-0.2, -0.15) is 0 Å². The van der Waals surface area contributed by atoms with Crippen LogP contribution in [-0.2, 0) is 11.3 Å². The minimum atomic E-state index is -0.698. The number of hydrogen-bond acceptors (Lipinski definition) is 5. The minimum absolute atomic E-state index is 0.0899. The van der Waals surface area contributed by atoms with E-state index in [0.29, 0.717) is 48.3 Å². The number of urea groups is 1. The summed E-state index contributed by atoms with van der Waals surface area (Å²) in [4.78, 5) is 27.7. The number of amides is 3. The highest BCUT2D eigenvalue weighted by Gasteiger charge is 2.39. The molecule has 1 heterocycles. The molecule has 0 bridgehead atoms. The van der Waals surface area contributed by atoms with Gasteiger partial charge in [0.05, 0.1) is 37.5 Å². The van der Waals surface area contributed by atoms with Crippen LogP contribution in [0.1, 0.15) is 25.3 Å². The fraction of sp³-hybridized carbons (Fsp3) is 0.417. The Bertz CT molecular complexity index is 1020. The highest BCUT2D eigenvalue weighted by molar-refractivity contribution is 6.32. The molecule has 0 radical (unpaired) electrons. The zero-order valence-electron chi connectivity index (χ0n) is 19.4. The second-order valence-corrected chi connectivity index (χ2v) is 8.64. The molecule has 1 atom stereocenters. The Morgan fingerprint density at radius 2 is 1.85 bits per heavy atom. The molecule has 2 aromatic carbocycles. The lowest BCUT2D eigenvalue weighted by molar-refractivity contribution is -0.132. The predicted octanol–water partition coefficient (Wildman–Crippen LogP) is 4.32. The number of likely N-dealkylation sites (tertiary alicyclic amines) is 1. The van der Waals surface area contributed by atoms with Gasteiger partial charge in [-0.15, -0.1) is 0 Å². The second-order valence-electron chi connectivity index (χ2n) is 8.24. The van der Waals surface area contributed by atoms with Crippen molar-refractivity contribution in [2.75, 3.05) is 39.7 Å². The Kier molecular flexibility index (Phi) is 7.92. The lowest BCUT2D eigenvalue weighted by atomic mass is 9.81. The van der Waals surface area contributed by atoms with E-state index in [1.807, 2.05) is 31.2 Å².